The monoisotopic (exact) mass is 350 g/mol. The fraction of sp³-hybridized carbons (Fsp3) is 0.632. The van der Waals surface area contributed by atoms with E-state index in [1.165, 1.54) is 12.8 Å². The van der Waals surface area contributed by atoms with Gasteiger partial charge in [-0.15, -0.1) is 0 Å². The summed E-state index contributed by atoms with van der Waals surface area (Å²) in [6.45, 7) is 6.39. The van der Waals surface area contributed by atoms with E-state index in [9.17, 15) is 9.00 Å². The Labute approximate surface area is 148 Å². The van der Waals surface area contributed by atoms with Crippen LogP contribution in [0, 0.1) is 11.8 Å². The maximum absolute atomic E-state index is 12.6. The van der Waals surface area contributed by atoms with Gasteiger partial charge in [0.2, 0.25) is 5.91 Å². The van der Waals surface area contributed by atoms with E-state index < -0.39 is 10.8 Å². The average molecular weight is 351 g/mol. The van der Waals surface area contributed by atoms with E-state index in [1.54, 1.807) is 6.26 Å². The smallest absolute Gasteiger partial charge is 0.223 e. The Morgan fingerprint density at radius 1 is 1.25 bits per heavy atom. The summed E-state index contributed by atoms with van der Waals surface area (Å²) in [5.74, 6) is 1.29. The van der Waals surface area contributed by atoms with E-state index in [-0.39, 0.29) is 11.9 Å². The third kappa shape index (κ3) is 4.90. The molecule has 0 aromatic heterocycles. The van der Waals surface area contributed by atoms with Gasteiger partial charge >= 0.3 is 0 Å². The molecule has 0 radical (unpaired) electrons. The number of carbonyl (C=O) groups excluding carboxylic acids is 1. The number of carbonyl (C=O) groups is 1. The Morgan fingerprint density at radius 2 is 1.83 bits per heavy atom. The molecule has 24 heavy (non-hydrogen) atoms. The Hall–Kier alpha value is -1.20. The predicted octanol–water partition coefficient (Wildman–Crippen LogP) is 2.97. The molecular weight excluding hydrogens is 320 g/mol. The van der Waals surface area contributed by atoms with E-state index in [1.807, 2.05) is 43.1 Å². The predicted molar refractivity (Wildman–Crippen MR) is 99.3 cm³/mol. The fourth-order valence-electron chi connectivity index (χ4n) is 3.38. The van der Waals surface area contributed by atoms with Crippen LogP contribution < -0.4 is 5.32 Å². The molecule has 3 atom stereocenters. The van der Waals surface area contributed by atoms with E-state index in [0.29, 0.717) is 18.3 Å². The molecule has 5 heteroatoms. The van der Waals surface area contributed by atoms with Crippen molar-refractivity contribution < 1.29 is 9.00 Å². The highest BCUT2D eigenvalue weighted by Gasteiger charge is 2.25. The van der Waals surface area contributed by atoms with Crippen LogP contribution in [-0.4, -0.2) is 41.4 Å². The quantitative estimate of drug-likeness (QED) is 0.858. The molecule has 0 bridgehead atoms. The molecule has 1 fully saturated rings. The van der Waals surface area contributed by atoms with Gasteiger partial charge in [-0.3, -0.25) is 9.00 Å². The summed E-state index contributed by atoms with van der Waals surface area (Å²) in [6, 6.07) is 7.75. The van der Waals surface area contributed by atoms with Crippen LogP contribution >= 0.6 is 0 Å². The van der Waals surface area contributed by atoms with Crippen molar-refractivity contribution in [1.29, 1.82) is 0 Å². The number of nitrogens with zero attached hydrogens (tertiary/aromatic N) is 1. The largest absolute Gasteiger partial charge is 0.339 e. The van der Waals surface area contributed by atoms with Crippen molar-refractivity contribution in [2.45, 2.75) is 44.0 Å². The minimum atomic E-state index is -0.966. The van der Waals surface area contributed by atoms with Crippen molar-refractivity contribution in [2.75, 3.05) is 26.4 Å². The van der Waals surface area contributed by atoms with Gasteiger partial charge in [-0.2, -0.15) is 0 Å². The van der Waals surface area contributed by atoms with Crippen molar-refractivity contribution in [3.8, 4) is 0 Å². The first-order chi connectivity index (χ1) is 11.4. The van der Waals surface area contributed by atoms with Crippen LogP contribution in [0.3, 0.4) is 0 Å². The maximum Gasteiger partial charge on any atom is 0.223 e. The van der Waals surface area contributed by atoms with Crippen LogP contribution in [0.15, 0.2) is 29.2 Å². The van der Waals surface area contributed by atoms with Crippen LogP contribution in [-0.2, 0) is 15.6 Å². The second-order valence-corrected chi connectivity index (χ2v) is 8.35. The zero-order valence-corrected chi connectivity index (χ0v) is 16.1. The highest BCUT2D eigenvalue weighted by atomic mass is 32.2. The van der Waals surface area contributed by atoms with Gasteiger partial charge in [-0.1, -0.05) is 19.1 Å². The van der Waals surface area contributed by atoms with Gasteiger partial charge in [0.05, 0.1) is 6.04 Å². The first kappa shape index (κ1) is 19.1. The number of piperidine rings is 1. The lowest BCUT2D eigenvalue weighted by Crippen LogP contribution is -2.35. The lowest BCUT2D eigenvalue weighted by molar-refractivity contribution is -0.133. The van der Waals surface area contributed by atoms with E-state index in [4.69, 9.17) is 0 Å². The van der Waals surface area contributed by atoms with Gasteiger partial charge in [0.15, 0.2) is 0 Å². The third-order valence-electron chi connectivity index (χ3n) is 5.35. The van der Waals surface area contributed by atoms with Crippen LogP contribution in [0.4, 0.5) is 0 Å². The summed E-state index contributed by atoms with van der Waals surface area (Å²) in [4.78, 5) is 15.3. The lowest BCUT2D eigenvalue weighted by Gasteiger charge is -2.31. The zero-order chi connectivity index (χ0) is 17.7. The van der Waals surface area contributed by atoms with Gasteiger partial charge in [0, 0.05) is 35.4 Å². The zero-order valence-electron chi connectivity index (χ0n) is 15.2. The summed E-state index contributed by atoms with van der Waals surface area (Å²) < 4.78 is 11.5. The number of rotatable bonds is 6. The molecular formula is C19H30N2O2S. The molecule has 4 nitrogen and oxygen atoms in total. The van der Waals surface area contributed by atoms with Crippen molar-refractivity contribution >= 4 is 16.7 Å². The first-order valence-electron chi connectivity index (χ1n) is 8.80. The van der Waals surface area contributed by atoms with Crippen LogP contribution in [0.5, 0.6) is 0 Å². The normalized spacial score (nSPS) is 19.5. The highest BCUT2D eigenvalue weighted by molar-refractivity contribution is 7.84. The molecule has 134 valence electrons. The van der Waals surface area contributed by atoms with Gasteiger partial charge in [0.1, 0.15) is 0 Å². The second kappa shape index (κ2) is 8.77. The van der Waals surface area contributed by atoms with Crippen molar-refractivity contribution in [2.24, 2.45) is 11.8 Å². The van der Waals surface area contributed by atoms with Gasteiger partial charge in [0.25, 0.3) is 0 Å². The number of benzene rings is 1. The number of hydrogen-bond donors (Lipinski definition) is 1. The summed E-state index contributed by atoms with van der Waals surface area (Å²) in [5.41, 5.74) is 1.08. The van der Waals surface area contributed by atoms with E-state index in [0.717, 1.165) is 23.5 Å². The molecule has 1 heterocycles. The minimum Gasteiger partial charge on any atom is -0.339 e. The second-order valence-electron chi connectivity index (χ2n) is 6.97. The maximum atomic E-state index is 12.6. The van der Waals surface area contributed by atoms with Crippen molar-refractivity contribution in [3.05, 3.63) is 29.8 Å². The molecule has 0 aliphatic carbocycles. The first-order valence-corrected chi connectivity index (χ1v) is 10.4. The van der Waals surface area contributed by atoms with Crippen molar-refractivity contribution in [3.63, 3.8) is 0 Å². The standard InChI is InChI=1S/C19H30N2O2S/c1-14(16-9-11-20-12-10-16)13-19(22)21(3)15(2)17-5-7-18(8-6-17)24(4)23/h5-8,14-16,20H,9-13H2,1-4H3. The van der Waals surface area contributed by atoms with Gasteiger partial charge in [-0.05, 0) is 62.4 Å². The Bertz CT molecular complexity index is 567. The Morgan fingerprint density at radius 3 is 2.38 bits per heavy atom. The van der Waals surface area contributed by atoms with Crippen LogP contribution in [0.25, 0.3) is 0 Å². The van der Waals surface area contributed by atoms with Crippen molar-refractivity contribution in [1.82, 2.24) is 10.2 Å². The molecule has 0 spiro atoms. The number of hydrogen-bond acceptors (Lipinski definition) is 3. The summed E-state index contributed by atoms with van der Waals surface area (Å²) in [7, 11) is 0.917. The highest BCUT2D eigenvalue weighted by Crippen LogP contribution is 2.27. The number of nitrogens with one attached hydrogen (secondary N) is 1. The number of amides is 1. The summed E-state index contributed by atoms with van der Waals surface area (Å²) >= 11 is 0. The molecule has 2 rings (SSSR count). The van der Waals surface area contributed by atoms with E-state index in [2.05, 4.69) is 12.2 Å². The average Bonchev–Trinajstić information content (AvgIpc) is 2.61. The Kier molecular flexibility index (Phi) is 6.99. The topological polar surface area (TPSA) is 49.4 Å². The molecule has 1 aromatic rings. The molecule has 1 amide bonds. The summed E-state index contributed by atoms with van der Waals surface area (Å²) in [5, 5.41) is 3.38. The van der Waals surface area contributed by atoms with E-state index >= 15 is 0 Å². The van der Waals surface area contributed by atoms with Gasteiger partial charge in [-0.25, -0.2) is 0 Å². The SMILES string of the molecule is CC(CC(=O)N(C)C(C)c1ccc(S(C)=O)cc1)C1CCNCC1. The molecule has 1 aromatic carbocycles. The lowest BCUT2D eigenvalue weighted by atomic mass is 9.84. The molecule has 0 saturated carbocycles. The third-order valence-corrected chi connectivity index (χ3v) is 6.29. The van der Waals surface area contributed by atoms with Gasteiger partial charge < -0.3 is 10.2 Å². The molecule has 3 unspecified atom stereocenters. The Balaban J connectivity index is 1.94. The minimum absolute atomic E-state index is 0.0251. The fourth-order valence-corrected chi connectivity index (χ4v) is 3.90. The summed E-state index contributed by atoms with van der Waals surface area (Å²) in [6.07, 6.45) is 4.63. The molecule has 1 aliphatic heterocycles. The van der Waals surface area contributed by atoms with Crippen LogP contribution in [0.2, 0.25) is 0 Å². The molecule has 1 saturated heterocycles. The molecule has 1 N–H and O–H groups in total. The molecule has 1 aliphatic rings. The van der Waals surface area contributed by atoms with Crippen LogP contribution in [0.1, 0.15) is 44.7 Å².